The molecule has 7 heteroatoms. The molecule has 0 aliphatic rings. The molecule has 0 fully saturated rings. The number of hydrogen-bond donors (Lipinski definition) is 2. The van der Waals surface area contributed by atoms with Crippen LogP contribution in [0.25, 0.3) is 0 Å². The van der Waals surface area contributed by atoms with Crippen molar-refractivity contribution < 1.29 is 13.7 Å². The van der Waals surface area contributed by atoms with Crippen molar-refractivity contribution in [2.45, 2.75) is 5.37 Å². The molecule has 0 bridgehead atoms. The highest BCUT2D eigenvalue weighted by molar-refractivity contribution is 7.79. The van der Waals surface area contributed by atoms with Crippen LogP contribution in [0, 0.1) is 10.1 Å². The van der Waals surface area contributed by atoms with Gasteiger partial charge < -0.3 is 10.3 Å². The standard InChI is InChI=1S/C7H8N2O4S/c8-7(14(12)13)5-1-3-6(4-2-5)9(10)11/h1-4,7H,8H2,(H,12,13). The van der Waals surface area contributed by atoms with Gasteiger partial charge in [0.1, 0.15) is 5.37 Å². The number of benzene rings is 1. The Bertz CT molecular complexity index is 364. The average molecular weight is 216 g/mol. The highest BCUT2D eigenvalue weighted by atomic mass is 32.2. The van der Waals surface area contributed by atoms with Crippen LogP contribution in [0.1, 0.15) is 10.9 Å². The Morgan fingerprint density at radius 1 is 1.43 bits per heavy atom. The van der Waals surface area contributed by atoms with Crippen molar-refractivity contribution in [3.63, 3.8) is 0 Å². The zero-order valence-electron chi connectivity index (χ0n) is 6.99. The van der Waals surface area contributed by atoms with E-state index in [1.165, 1.54) is 24.3 Å². The molecule has 0 spiro atoms. The lowest BCUT2D eigenvalue weighted by Crippen LogP contribution is -2.15. The van der Waals surface area contributed by atoms with Gasteiger partial charge in [0.05, 0.1) is 4.92 Å². The second-order valence-electron chi connectivity index (χ2n) is 2.55. The fourth-order valence-corrected chi connectivity index (χ4v) is 1.29. The van der Waals surface area contributed by atoms with Gasteiger partial charge in [-0.2, -0.15) is 0 Å². The van der Waals surface area contributed by atoms with Gasteiger partial charge in [-0.3, -0.25) is 10.1 Å². The molecule has 3 N–H and O–H groups in total. The van der Waals surface area contributed by atoms with Crippen LogP contribution in [-0.2, 0) is 11.1 Å². The van der Waals surface area contributed by atoms with Crippen molar-refractivity contribution in [1.82, 2.24) is 0 Å². The van der Waals surface area contributed by atoms with E-state index in [-0.39, 0.29) is 5.69 Å². The van der Waals surface area contributed by atoms with Gasteiger partial charge in [0, 0.05) is 12.1 Å². The molecule has 2 atom stereocenters. The maximum atomic E-state index is 10.6. The Kier molecular flexibility index (Phi) is 3.28. The molecule has 0 aromatic heterocycles. The first-order valence-electron chi connectivity index (χ1n) is 3.62. The Labute approximate surface area is 82.2 Å². The molecular formula is C7H8N2O4S. The van der Waals surface area contributed by atoms with Crippen molar-refractivity contribution in [3.05, 3.63) is 39.9 Å². The Balaban J connectivity index is 2.94. The Morgan fingerprint density at radius 2 is 1.93 bits per heavy atom. The van der Waals surface area contributed by atoms with E-state index in [0.29, 0.717) is 5.56 Å². The summed E-state index contributed by atoms with van der Waals surface area (Å²) in [5, 5.41) is 9.25. The summed E-state index contributed by atoms with van der Waals surface area (Å²) in [6, 6.07) is 5.19. The van der Waals surface area contributed by atoms with E-state index in [2.05, 4.69) is 0 Å². The van der Waals surface area contributed by atoms with Crippen LogP contribution in [0.4, 0.5) is 5.69 Å². The number of nitrogens with zero attached hydrogens (tertiary/aromatic N) is 1. The van der Waals surface area contributed by atoms with Gasteiger partial charge in [0.25, 0.3) is 5.69 Å². The first-order valence-corrected chi connectivity index (χ1v) is 4.79. The second-order valence-corrected chi connectivity index (χ2v) is 3.61. The normalized spacial score (nSPS) is 14.7. The molecule has 1 rings (SSSR count). The van der Waals surface area contributed by atoms with E-state index >= 15 is 0 Å². The lowest BCUT2D eigenvalue weighted by atomic mass is 10.2. The van der Waals surface area contributed by atoms with E-state index in [0.717, 1.165) is 0 Å². The quantitative estimate of drug-likeness (QED) is 0.441. The summed E-state index contributed by atoms with van der Waals surface area (Å²) in [6.07, 6.45) is 0. The van der Waals surface area contributed by atoms with E-state index in [1.54, 1.807) is 0 Å². The highest BCUT2D eigenvalue weighted by Gasteiger charge is 2.13. The maximum Gasteiger partial charge on any atom is 0.269 e. The zero-order valence-corrected chi connectivity index (χ0v) is 7.81. The van der Waals surface area contributed by atoms with E-state index in [4.69, 9.17) is 10.3 Å². The minimum atomic E-state index is -2.17. The minimum Gasteiger partial charge on any atom is -0.312 e. The summed E-state index contributed by atoms with van der Waals surface area (Å²) >= 11 is -2.17. The summed E-state index contributed by atoms with van der Waals surface area (Å²) in [5.41, 5.74) is 5.65. The molecular weight excluding hydrogens is 208 g/mol. The van der Waals surface area contributed by atoms with Crippen molar-refractivity contribution in [2.75, 3.05) is 0 Å². The fourth-order valence-electron chi connectivity index (χ4n) is 0.902. The monoisotopic (exact) mass is 216 g/mol. The van der Waals surface area contributed by atoms with Gasteiger partial charge in [-0.05, 0) is 17.7 Å². The van der Waals surface area contributed by atoms with Crippen LogP contribution < -0.4 is 5.73 Å². The van der Waals surface area contributed by atoms with Crippen LogP contribution in [0.3, 0.4) is 0 Å². The third-order valence-corrected chi connectivity index (χ3v) is 2.36. The number of rotatable bonds is 3. The molecule has 0 amide bonds. The molecule has 0 radical (unpaired) electrons. The largest absolute Gasteiger partial charge is 0.312 e. The number of non-ortho nitro benzene ring substituents is 1. The predicted octanol–water partition coefficient (Wildman–Crippen LogP) is 0.774. The van der Waals surface area contributed by atoms with Crippen molar-refractivity contribution in [3.8, 4) is 0 Å². The van der Waals surface area contributed by atoms with Gasteiger partial charge in [0.15, 0.2) is 11.1 Å². The summed E-state index contributed by atoms with van der Waals surface area (Å²) in [6.45, 7) is 0. The third kappa shape index (κ3) is 2.34. The molecule has 2 unspecified atom stereocenters. The van der Waals surface area contributed by atoms with Gasteiger partial charge >= 0.3 is 0 Å². The average Bonchev–Trinajstić information content (AvgIpc) is 2.16. The first-order chi connectivity index (χ1) is 6.52. The highest BCUT2D eigenvalue weighted by Crippen LogP contribution is 2.17. The molecule has 0 aliphatic heterocycles. The van der Waals surface area contributed by atoms with Crippen molar-refractivity contribution in [1.29, 1.82) is 0 Å². The molecule has 1 aromatic rings. The summed E-state index contributed by atoms with van der Waals surface area (Å²) in [5.74, 6) is 0. The van der Waals surface area contributed by atoms with Gasteiger partial charge in [-0.1, -0.05) is 0 Å². The number of nitro benzene ring substituents is 1. The summed E-state index contributed by atoms with van der Waals surface area (Å²) < 4.78 is 19.2. The predicted molar refractivity (Wildman–Crippen MR) is 50.8 cm³/mol. The lowest BCUT2D eigenvalue weighted by Gasteiger charge is -2.05. The molecule has 14 heavy (non-hydrogen) atoms. The molecule has 1 aromatic carbocycles. The van der Waals surface area contributed by atoms with Crippen LogP contribution in [0.2, 0.25) is 0 Å². The number of nitro groups is 1. The van der Waals surface area contributed by atoms with Crippen LogP contribution in [0.5, 0.6) is 0 Å². The van der Waals surface area contributed by atoms with Crippen LogP contribution in [-0.4, -0.2) is 13.7 Å². The smallest absolute Gasteiger partial charge is 0.269 e. The molecule has 0 heterocycles. The fraction of sp³-hybridized carbons (Fsp3) is 0.143. The molecule has 0 saturated carbocycles. The van der Waals surface area contributed by atoms with E-state index in [1.807, 2.05) is 0 Å². The topological polar surface area (TPSA) is 106 Å². The zero-order chi connectivity index (χ0) is 10.7. The third-order valence-electron chi connectivity index (χ3n) is 1.65. The maximum absolute atomic E-state index is 10.6. The van der Waals surface area contributed by atoms with Gasteiger partial charge in [0.2, 0.25) is 0 Å². The first kappa shape index (κ1) is 10.8. The summed E-state index contributed by atoms with van der Waals surface area (Å²) in [7, 11) is 0. The van der Waals surface area contributed by atoms with E-state index in [9.17, 15) is 14.3 Å². The van der Waals surface area contributed by atoms with Crippen LogP contribution in [0.15, 0.2) is 24.3 Å². The molecule has 0 aliphatic carbocycles. The van der Waals surface area contributed by atoms with Crippen molar-refractivity contribution >= 4 is 16.8 Å². The Hall–Kier alpha value is -1.31. The summed E-state index contributed by atoms with van der Waals surface area (Å²) in [4.78, 5) is 9.73. The minimum absolute atomic E-state index is 0.0790. The van der Waals surface area contributed by atoms with E-state index < -0.39 is 21.4 Å². The molecule has 0 saturated heterocycles. The van der Waals surface area contributed by atoms with Gasteiger partial charge in [-0.15, -0.1) is 0 Å². The van der Waals surface area contributed by atoms with Gasteiger partial charge in [-0.25, -0.2) is 4.21 Å². The Morgan fingerprint density at radius 3 is 2.29 bits per heavy atom. The second kappa shape index (κ2) is 4.27. The molecule has 76 valence electrons. The number of nitrogens with two attached hydrogens (primary N) is 1. The van der Waals surface area contributed by atoms with Crippen LogP contribution >= 0.6 is 0 Å². The number of hydrogen-bond acceptors (Lipinski definition) is 4. The lowest BCUT2D eigenvalue weighted by molar-refractivity contribution is -0.384. The van der Waals surface area contributed by atoms with Crippen molar-refractivity contribution in [2.24, 2.45) is 5.73 Å². The molecule has 6 nitrogen and oxygen atoms in total. The SMILES string of the molecule is NC(c1ccc([N+](=O)[O-])cc1)S(=O)O.